The minimum atomic E-state index is 0.287. The van der Waals surface area contributed by atoms with Crippen LogP contribution in [0.5, 0.6) is 17.2 Å². The van der Waals surface area contributed by atoms with Crippen molar-refractivity contribution < 1.29 is 14.2 Å². The van der Waals surface area contributed by atoms with Gasteiger partial charge < -0.3 is 19.5 Å². The summed E-state index contributed by atoms with van der Waals surface area (Å²) in [5.74, 6) is 2.63. The van der Waals surface area contributed by atoms with E-state index >= 15 is 0 Å². The molecule has 0 saturated carbocycles. The van der Waals surface area contributed by atoms with Gasteiger partial charge in [0.25, 0.3) is 0 Å². The summed E-state index contributed by atoms with van der Waals surface area (Å²) >= 11 is 0. The second-order valence-corrected chi connectivity index (χ2v) is 7.26. The quantitative estimate of drug-likeness (QED) is 0.730. The molecule has 5 rings (SSSR count). The summed E-state index contributed by atoms with van der Waals surface area (Å²) in [4.78, 5) is 0. The van der Waals surface area contributed by atoms with E-state index in [1.807, 2.05) is 18.2 Å². The lowest BCUT2D eigenvalue weighted by atomic mass is 9.89. The van der Waals surface area contributed by atoms with Crippen LogP contribution in [0.2, 0.25) is 0 Å². The van der Waals surface area contributed by atoms with Crippen LogP contribution in [0.4, 0.5) is 0 Å². The average molecular weight is 373 g/mol. The Bertz CT molecular complexity index is 997. The van der Waals surface area contributed by atoms with Crippen LogP contribution in [0.1, 0.15) is 22.7 Å². The third-order valence-electron chi connectivity index (χ3n) is 5.61. The lowest BCUT2D eigenvalue weighted by Gasteiger charge is -2.27. The van der Waals surface area contributed by atoms with Crippen LogP contribution in [-0.4, -0.2) is 20.4 Å². The summed E-state index contributed by atoms with van der Waals surface area (Å²) < 4.78 is 16.6. The van der Waals surface area contributed by atoms with Gasteiger partial charge in [0.1, 0.15) is 5.75 Å². The maximum absolute atomic E-state index is 5.59. The second kappa shape index (κ2) is 7.21. The minimum Gasteiger partial charge on any atom is -0.496 e. The molecular weight excluding hydrogens is 350 g/mol. The Kier molecular flexibility index (Phi) is 4.41. The van der Waals surface area contributed by atoms with E-state index in [1.54, 1.807) is 7.11 Å². The van der Waals surface area contributed by atoms with Gasteiger partial charge in [0, 0.05) is 11.6 Å². The molecule has 2 aliphatic rings. The van der Waals surface area contributed by atoms with E-state index in [9.17, 15) is 0 Å². The Balaban J connectivity index is 1.39. The van der Waals surface area contributed by atoms with Crippen LogP contribution in [0.15, 0.2) is 60.7 Å². The topological polar surface area (TPSA) is 39.7 Å². The van der Waals surface area contributed by atoms with Gasteiger partial charge in [0.15, 0.2) is 11.5 Å². The fraction of sp³-hybridized carbons (Fsp3) is 0.250. The van der Waals surface area contributed by atoms with E-state index in [0.717, 1.165) is 42.2 Å². The highest BCUT2D eigenvalue weighted by atomic mass is 16.7. The molecule has 0 amide bonds. The first-order valence-corrected chi connectivity index (χ1v) is 9.70. The molecule has 0 bridgehead atoms. The van der Waals surface area contributed by atoms with Gasteiger partial charge in [-0.3, -0.25) is 0 Å². The number of hydrogen-bond donors (Lipinski definition) is 1. The summed E-state index contributed by atoms with van der Waals surface area (Å²) in [6, 6.07) is 21.5. The molecular formula is C24H23NO3. The van der Waals surface area contributed by atoms with Crippen molar-refractivity contribution in [2.24, 2.45) is 0 Å². The predicted molar refractivity (Wildman–Crippen MR) is 109 cm³/mol. The van der Waals surface area contributed by atoms with Crippen molar-refractivity contribution in [1.29, 1.82) is 0 Å². The molecule has 4 heteroatoms. The average Bonchev–Trinajstić information content (AvgIpc) is 3.20. The number of hydrogen-bond acceptors (Lipinski definition) is 4. The molecule has 2 heterocycles. The van der Waals surface area contributed by atoms with Gasteiger partial charge in [-0.15, -0.1) is 0 Å². The molecule has 2 aliphatic heterocycles. The maximum atomic E-state index is 5.59. The summed E-state index contributed by atoms with van der Waals surface area (Å²) in [5.41, 5.74) is 6.27. The van der Waals surface area contributed by atoms with Crippen molar-refractivity contribution in [1.82, 2.24) is 5.32 Å². The van der Waals surface area contributed by atoms with Gasteiger partial charge in [0.2, 0.25) is 6.79 Å². The van der Waals surface area contributed by atoms with E-state index in [4.69, 9.17) is 14.2 Å². The van der Waals surface area contributed by atoms with E-state index in [-0.39, 0.29) is 6.04 Å². The Morgan fingerprint density at radius 3 is 2.61 bits per heavy atom. The van der Waals surface area contributed by atoms with Crippen LogP contribution in [0.25, 0.3) is 11.1 Å². The molecule has 1 N–H and O–H groups in total. The SMILES string of the molecule is COc1ccccc1-c1ccc(CC2NCCc3cc4c(cc32)OCO4)cc1. The molecule has 4 nitrogen and oxygen atoms in total. The summed E-state index contributed by atoms with van der Waals surface area (Å²) in [6.45, 7) is 1.30. The van der Waals surface area contributed by atoms with Gasteiger partial charge in [-0.1, -0.05) is 42.5 Å². The first-order chi connectivity index (χ1) is 13.8. The minimum absolute atomic E-state index is 0.287. The zero-order valence-electron chi connectivity index (χ0n) is 15.9. The number of ether oxygens (including phenoxy) is 3. The van der Waals surface area contributed by atoms with Crippen molar-refractivity contribution in [2.45, 2.75) is 18.9 Å². The molecule has 142 valence electrons. The van der Waals surface area contributed by atoms with E-state index in [2.05, 4.69) is 47.8 Å². The fourth-order valence-corrected chi connectivity index (χ4v) is 4.15. The third kappa shape index (κ3) is 3.10. The smallest absolute Gasteiger partial charge is 0.231 e. The number of para-hydroxylation sites is 1. The molecule has 1 atom stereocenters. The molecule has 3 aromatic carbocycles. The Hall–Kier alpha value is -2.98. The van der Waals surface area contributed by atoms with E-state index < -0.39 is 0 Å². The van der Waals surface area contributed by atoms with Gasteiger partial charge in [-0.25, -0.2) is 0 Å². The van der Waals surface area contributed by atoms with Crippen molar-refractivity contribution in [2.75, 3.05) is 20.4 Å². The molecule has 1 unspecified atom stereocenters. The molecule has 0 radical (unpaired) electrons. The summed E-state index contributed by atoms with van der Waals surface area (Å²) in [6.07, 6.45) is 1.97. The Labute approximate surface area is 165 Å². The number of methoxy groups -OCH3 is 1. The van der Waals surface area contributed by atoms with Crippen molar-refractivity contribution >= 4 is 0 Å². The van der Waals surface area contributed by atoms with Crippen molar-refractivity contribution in [3.8, 4) is 28.4 Å². The van der Waals surface area contributed by atoms with Gasteiger partial charge >= 0.3 is 0 Å². The van der Waals surface area contributed by atoms with Gasteiger partial charge in [-0.2, -0.15) is 0 Å². The first kappa shape index (κ1) is 17.1. The maximum Gasteiger partial charge on any atom is 0.231 e. The first-order valence-electron chi connectivity index (χ1n) is 9.70. The highest BCUT2D eigenvalue weighted by Crippen LogP contribution is 2.39. The standard InChI is InChI=1S/C24H23NO3/c1-26-22-5-3-2-4-19(22)17-8-6-16(7-9-17)12-21-20-14-24-23(27-15-28-24)13-18(20)10-11-25-21/h2-9,13-14,21,25H,10-12,15H2,1H3. The zero-order chi connectivity index (χ0) is 18.9. The van der Waals surface area contributed by atoms with Crippen LogP contribution < -0.4 is 19.5 Å². The van der Waals surface area contributed by atoms with Crippen LogP contribution >= 0.6 is 0 Å². The zero-order valence-corrected chi connectivity index (χ0v) is 15.9. The Morgan fingerprint density at radius 2 is 1.79 bits per heavy atom. The molecule has 0 saturated heterocycles. The lowest BCUT2D eigenvalue weighted by molar-refractivity contribution is 0.174. The summed E-state index contributed by atoms with van der Waals surface area (Å²) in [5, 5.41) is 3.66. The van der Waals surface area contributed by atoms with Crippen molar-refractivity contribution in [3.63, 3.8) is 0 Å². The number of fused-ring (bicyclic) bond motifs is 2. The van der Waals surface area contributed by atoms with Gasteiger partial charge in [-0.05, 0) is 59.8 Å². The molecule has 0 aliphatic carbocycles. The third-order valence-corrected chi connectivity index (χ3v) is 5.61. The van der Waals surface area contributed by atoms with Gasteiger partial charge in [0.05, 0.1) is 7.11 Å². The molecule has 0 fully saturated rings. The highest BCUT2D eigenvalue weighted by Gasteiger charge is 2.25. The molecule has 3 aromatic rings. The van der Waals surface area contributed by atoms with Crippen LogP contribution in [-0.2, 0) is 12.8 Å². The molecule has 0 aromatic heterocycles. The fourth-order valence-electron chi connectivity index (χ4n) is 4.15. The van der Waals surface area contributed by atoms with Crippen molar-refractivity contribution in [3.05, 3.63) is 77.4 Å². The van der Waals surface area contributed by atoms with E-state index in [1.165, 1.54) is 22.3 Å². The number of rotatable bonds is 4. The molecule has 28 heavy (non-hydrogen) atoms. The normalized spacial score (nSPS) is 17.2. The highest BCUT2D eigenvalue weighted by molar-refractivity contribution is 5.70. The second-order valence-electron chi connectivity index (χ2n) is 7.26. The van der Waals surface area contributed by atoms with Crippen LogP contribution in [0.3, 0.4) is 0 Å². The van der Waals surface area contributed by atoms with E-state index in [0.29, 0.717) is 6.79 Å². The molecule has 0 spiro atoms. The van der Waals surface area contributed by atoms with Crippen LogP contribution in [0, 0.1) is 0 Å². The Morgan fingerprint density at radius 1 is 1.00 bits per heavy atom. The largest absolute Gasteiger partial charge is 0.496 e. The monoisotopic (exact) mass is 373 g/mol. The number of benzene rings is 3. The lowest BCUT2D eigenvalue weighted by Crippen LogP contribution is -2.31. The number of nitrogens with one attached hydrogen (secondary N) is 1. The summed E-state index contributed by atoms with van der Waals surface area (Å²) in [7, 11) is 1.71. The predicted octanol–water partition coefficient (Wildman–Crippen LogP) is 4.52.